The zero-order chi connectivity index (χ0) is 57.1. The third-order valence-electron chi connectivity index (χ3n) is 14.9. The quantitative estimate of drug-likeness (QED) is 0.0261. The highest BCUT2D eigenvalue weighted by atomic mass is 16.6. The monoisotopic (exact) mass is 1100 g/mol. The lowest BCUT2D eigenvalue weighted by molar-refractivity contribution is -0.167. The molecule has 0 heterocycles. The van der Waals surface area contributed by atoms with Crippen LogP contribution in [0, 0.1) is 0 Å². The van der Waals surface area contributed by atoms with E-state index in [0.29, 0.717) is 19.3 Å². The molecule has 1 atom stereocenters. The molecule has 6 heteroatoms. The number of carbonyl (C=O) groups is 3. The molecule has 0 saturated carbocycles. The Balaban J connectivity index is 4.40. The topological polar surface area (TPSA) is 78.9 Å². The summed E-state index contributed by atoms with van der Waals surface area (Å²) >= 11 is 0. The Labute approximate surface area is 490 Å². The predicted octanol–water partition coefficient (Wildman–Crippen LogP) is 23.4. The number of hydrogen-bond donors (Lipinski definition) is 0. The summed E-state index contributed by atoms with van der Waals surface area (Å²) in [4.78, 5) is 38.4. The van der Waals surface area contributed by atoms with Gasteiger partial charge in [-0.25, -0.2) is 0 Å². The molecule has 0 amide bonds. The van der Waals surface area contributed by atoms with Crippen LogP contribution in [0.15, 0.2) is 85.1 Å². The molecule has 0 aliphatic rings. The second-order valence-corrected chi connectivity index (χ2v) is 22.7. The van der Waals surface area contributed by atoms with Gasteiger partial charge in [0.15, 0.2) is 6.10 Å². The van der Waals surface area contributed by atoms with Crippen molar-refractivity contribution in [2.24, 2.45) is 0 Å². The zero-order valence-corrected chi connectivity index (χ0v) is 52.4. The van der Waals surface area contributed by atoms with E-state index in [1.54, 1.807) is 0 Å². The van der Waals surface area contributed by atoms with Gasteiger partial charge in [-0.15, -0.1) is 0 Å². The third-order valence-corrected chi connectivity index (χ3v) is 14.9. The van der Waals surface area contributed by atoms with Crippen LogP contribution in [0.2, 0.25) is 0 Å². The molecular formula is C73H128O6. The van der Waals surface area contributed by atoms with Gasteiger partial charge in [0, 0.05) is 19.3 Å². The maximum atomic E-state index is 13.0. The van der Waals surface area contributed by atoms with E-state index < -0.39 is 6.10 Å². The summed E-state index contributed by atoms with van der Waals surface area (Å²) in [5, 5.41) is 0. The van der Waals surface area contributed by atoms with Crippen LogP contribution >= 0.6 is 0 Å². The average molecular weight is 1100 g/mol. The SMILES string of the molecule is CC/C=C\C/C=C\C/C=C\C/C=C\CCCCCCCCC(=O)OCC(COC(=O)CCCCCCCCCCC/C=C\C/C=C\CCCCCCC)OC(=O)CCCCCCCCCCC/C=C\CCCCCCCCCC. The van der Waals surface area contributed by atoms with Crippen LogP contribution in [0.3, 0.4) is 0 Å². The van der Waals surface area contributed by atoms with Gasteiger partial charge in [-0.3, -0.25) is 14.4 Å². The van der Waals surface area contributed by atoms with Gasteiger partial charge in [0.25, 0.3) is 0 Å². The van der Waals surface area contributed by atoms with Crippen LogP contribution in [0.5, 0.6) is 0 Å². The van der Waals surface area contributed by atoms with Gasteiger partial charge in [-0.2, -0.15) is 0 Å². The first-order valence-electron chi connectivity index (χ1n) is 34.1. The Kier molecular flexibility index (Phi) is 64.2. The molecule has 0 radical (unpaired) electrons. The van der Waals surface area contributed by atoms with Gasteiger partial charge >= 0.3 is 17.9 Å². The lowest BCUT2D eigenvalue weighted by Gasteiger charge is -2.18. The van der Waals surface area contributed by atoms with E-state index in [1.165, 1.54) is 205 Å². The first-order valence-corrected chi connectivity index (χ1v) is 34.1. The summed E-state index contributed by atoms with van der Waals surface area (Å²) in [6.45, 7) is 6.54. The Morgan fingerprint density at radius 2 is 0.494 bits per heavy atom. The summed E-state index contributed by atoms with van der Waals surface area (Å²) in [5.74, 6) is -0.887. The number of allylic oxidation sites excluding steroid dienone is 14. The molecule has 0 aromatic rings. The van der Waals surface area contributed by atoms with E-state index in [-0.39, 0.29) is 31.1 Å². The molecular weight excluding hydrogens is 973 g/mol. The number of unbranched alkanes of at least 4 members (excludes halogenated alkanes) is 37. The van der Waals surface area contributed by atoms with Crippen LogP contribution in [0.25, 0.3) is 0 Å². The number of rotatable bonds is 62. The Bertz CT molecular complexity index is 1500. The maximum Gasteiger partial charge on any atom is 0.306 e. The van der Waals surface area contributed by atoms with Crippen LogP contribution in [-0.4, -0.2) is 37.2 Å². The van der Waals surface area contributed by atoms with Crippen LogP contribution in [0.4, 0.5) is 0 Å². The summed E-state index contributed by atoms with van der Waals surface area (Å²) in [7, 11) is 0. The van der Waals surface area contributed by atoms with Crippen molar-refractivity contribution in [3.8, 4) is 0 Å². The lowest BCUT2D eigenvalue weighted by atomic mass is 10.1. The Hall–Kier alpha value is -3.41. The molecule has 0 bridgehead atoms. The van der Waals surface area contributed by atoms with E-state index in [9.17, 15) is 14.4 Å². The molecule has 1 unspecified atom stereocenters. The highest BCUT2D eigenvalue weighted by molar-refractivity contribution is 5.71. The first kappa shape index (κ1) is 75.6. The molecule has 0 rings (SSSR count). The standard InChI is InChI=1S/C73H128O6/c1-4-7-10-13-16-19-22-25-28-31-34-36-39-42-45-48-51-54-57-60-63-66-72(75)78-69-70(68-77-71(74)65-62-59-56-53-50-47-44-41-38-33-30-27-24-21-18-15-12-9-6-3)79-73(76)67-64-61-58-55-52-49-46-43-40-37-35-32-29-26-23-20-17-14-11-8-5-2/h9,12,18,21-22,25,27,30-32,34-35,38,41,70H,4-8,10-11,13-17,19-20,23-24,26,28-29,33,36-37,39-40,42-69H2,1-3H3/b12-9-,21-18-,25-22-,30-27-,34-31-,35-32-,41-38-. The van der Waals surface area contributed by atoms with Crippen molar-refractivity contribution in [3.05, 3.63) is 85.1 Å². The molecule has 6 nitrogen and oxygen atoms in total. The van der Waals surface area contributed by atoms with Crippen molar-refractivity contribution in [2.45, 2.75) is 348 Å². The van der Waals surface area contributed by atoms with Crippen molar-refractivity contribution in [1.82, 2.24) is 0 Å². The second kappa shape index (κ2) is 67.1. The molecule has 0 aromatic carbocycles. The largest absolute Gasteiger partial charge is 0.462 e. The van der Waals surface area contributed by atoms with Gasteiger partial charge < -0.3 is 14.2 Å². The number of ether oxygens (including phenoxy) is 3. The Morgan fingerprint density at radius 1 is 0.266 bits per heavy atom. The fraction of sp³-hybridized carbons (Fsp3) is 0.767. The minimum absolute atomic E-state index is 0.0829. The van der Waals surface area contributed by atoms with Crippen molar-refractivity contribution in [3.63, 3.8) is 0 Å². The molecule has 456 valence electrons. The van der Waals surface area contributed by atoms with E-state index in [0.717, 1.165) is 96.3 Å². The fourth-order valence-electron chi connectivity index (χ4n) is 9.76. The summed E-state index contributed by atoms with van der Waals surface area (Å²) in [6, 6.07) is 0. The fourth-order valence-corrected chi connectivity index (χ4v) is 9.76. The summed E-state index contributed by atoms with van der Waals surface area (Å²) < 4.78 is 17.0. The van der Waals surface area contributed by atoms with Gasteiger partial charge in [0.2, 0.25) is 0 Å². The highest BCUT2D eigenvalue weighted by Gasteiger charge is 2.19. The van der Waals surface area contributed by atoms with E-state index in [1.807, 2.05) is 0 Å². The molecule has 0 aliphatic carbocycles. The van der Waals surface area contributed by atoms with Crippen molar-refractivity contribution in [2.75, 3.05) is 13.2 Å². The van der Waals surface area contributed by atoms with Gasteiger partial charge in [-0.1, -0.05) is 292 Å². The normalized spacial score (nSPS) is 12.6. The van der Waals surface area contributed by atoms with Crippen molar-refractivity contribution in [1.29, 1.82) is 0 Å². The van der Waals surface area contributed by atoms with E-state index >= 15 is 0 Å². The number of carbonyl (C=O) groups excluding carboxylic acids is 3. The highest BCUT2D eigenvalue weighted by Crippen LogP contribution is 2.17. The molecule has 0 saturated heterocycles. The number of hydrogen-bond acceptors (Lipinski definition) is 6. The molecule has 0 spiro atoms. The Morgan fingerprint density at radius 3 is 0.785 bits per heavy atom. The minimum atomic E-state index is -0.788. The maximum absolute atomic E-state index is 13.0. The van der Waals surface area contributed by atoms with Gasteiger partial charge in [0.1, 0.15) is 13.2 Å². The van der Waals surface area contributed by atoms with Crippen LogP contribution < -0.4 is 0 Å². The van der Waals surface area contributed by atoms with Crippen LogP contribution in [-0.2, 0) is 28.6 Å². The molecule has 0 fully saturated rings. The van der Waals surface area contributed by atoms with Gasteiger partial charge in [0.05, 0.1) is 0 Å². The molecule has 0 aromatic heterocycles. The molecule has 0 aliphatic heterocycles. The summed E-state index contributed by atoms with van der Waals surface area (Å²) in [6.07, 6.45) is 88.7. The number of esters is 3. The first-order chi connectivity index (χ1) is 39.0. The van der Waals surface area contributed by atoms with E-state index in [4.69, 9.17) is 14.2 Å². The minimum Gasteiger partial charge on any atom is -0.462 e. The second-order valence-electron chi connectivity index (χ2n) is 22.7. The van der Waals surface area contributed by atoms with E-state index in [2.05, 4.69) is 106 Å². The predicted molar refractivity (Wildman–Crippen MR) is 344 cm³/mol. The third kappa shape index (κ3) is 65.3. The summed E-state index contributed by atoms with van der Waals surface area (Å²) in [5.41, 5.74) is 0. The zero-order valence-electron chi connectivity index (χ0n) is 52.4. The van der Waals surface area contributed by atoms with Crippen molar-refractivity contribution < 1.29 is 28.6 Å². The lowest BCUT2D eigenvalue weighted by Crippen LogP contribution is -2.30. The van der Waals surface area contributed by atoms with Crippen LogP contribution in [0.1, 0.15) is 342 Å². The molecule has 0 N–H and O–H groups in total. The van der Waals surface area contributed by atoms with Gasteiger partial charge in [-0.05, 0) is 116 Å². The van der Waals surface area contributed by atoms with Crippen molar-refractivity contribution >= 4 is 17.9 Å². The molecule has 79 heavy (non-hydrogen) atoms. The average Bonchev–Trinajstić information content (AvgIpc) is 3.45. The smallest absolute Gasteiger partial charge is 0.306 e.